The highest BCUT2D eigenvalue weighted by Crippen LogP contribution is 2.18. The first-order valence-corrected chi connectivity index (χ1v) is 6.59. The van der Waals surface area contributed by atoms with Gasteiger partial charge < -0.3 is 9.84 Å². The van der Waals surface area contributed by atoms with Gasteiger partial charge in [-0.1, -0.05) is 6.07 Å². The van der Waals surface area contributed by atoms with E-state index in [4.69, 9.17) is 5.11 Å². The number of carbonyl (C=O) groups is 1. The molecule has 0 unspecified atom stereocenters. The third-order valence-corrected chi connectivity index (χ3v) is 3.59. The molecule has 0 spiro atoms. The van der Waals surface area contributed by atoms with Crippen LogP contribution in [0, 0.1) is 5.92 Å². The molecular weight excluding hydrogens is 244 g/mol. The van der Waals surface area contributed by atoms with Crippen LogP contribution >= 0.6 is 0 Å². The lowest BCUT2D eigenvalue weighted by Gasteiger charge is -2.30. The zero-order chi connectivity index (χ0) is 13.7. The summed E-state index contributed by atoms with van der Waals surface area (Å²) in [5.74, 6) is 0.0476. The van der Waals surface area contributed by atoms with Gasteiger partial charge in [-0.15, -0.1) is 0 Å². The van der Waals surface area contributed by atoms with Crippen LogP contribution in [0.15, 0.2) is 18.3 Å². The Labute approximate surface area is 113 Å². The maximum absolute atomic E-state index is 11.3. The van der Waals surface area contributed by atoms with E-state index in [0.29, 0.717) is 18.2 Å². The smallest absolute Gasteiger partial charge is 0.356 e. The van der Waals surface area contributed by atoms with E-state index in [1.54, 1.807) is 12.3 Å². The number of likely N-dealkylation sites (tertiary alicyclic amines) is 1. The average Bonchev–Trinajstić information content (AvgIpc) is 2.48. The fourth-order valence-corrected chi connectivity index (χ4v) is 2.33. The van der Waals surface area contributed by atoms with E-state index >= 15 is 0 Å². The van der Waals surface area contributed by atoms with Gasteiger partial charge in [0.25, 0.3) is 0 Å². The molecule has 1 aromatic heterocycles. The molecule has 0 aliphatic carbocycles. The molecule has 1 aromatic rings. The molecule has 0 bridgehead atoms. The predicted molar refractivity (Wildman–Crippen MR) is 70.7 cm³/mol. The van der Waals surface area contributed by atoms with Gasteiger partial charge in [0.05, 0.1) is 7.11 Å². The third-order valence-electron chi connectivity index (χ3n) is 3.59. The quantitative estimate of drug-likeness (QED) is 0.824. The topological polar surface area (TPSA) is 62.7 Å². The van der Waals surface area contributed by atoms with E-state index in [2.05, 4.69) is 14.6 Å². The number of rotatable bonds is 4. The minimum atomic E-state index is -0.407. The molecule has 1 fully saturated rings. The summed E-state index contributed by atoms with van der Waals surface area (Å²) in [5, 5.41) is 9.10. The van der Waals surface area contributed by atoms with Gasteiger partial charge in [-0.25, -0.2) is 9.78 Å². The molecule has 0 radical (unpaired) electrons. The number of ether oxygens (including phenoxy) is 1. The molecule has 1 aliphatic heterocycles. The Morgan fingerprint density at radius 3 is 2.74 bits per heavy atom. The molecule has 104 valence electrons. The van der Waals surface area contributed by atoms with Crippen molar-refractivity contribution in [2.45, 2.75) is 19.4 Å². The first-order valence-electron chi connectivity index (χ1n) is 6.59. The Hall–Kier alpha value is -1.46. The highest BCUT2D eigenvalue weighted by molar-refractivity contribution is 5.86. The average molecular weight is 264 g/mol. The number of piperidine rings is 1. The fraction of sp³-hybridized carbons (Fsp3) is 0.571. The van der Waals surface area contributed by atoms with Gasteiger partial charge in [-0.3, -0.25) is 4.90 Å². The number of esters is 1. The van der Waals surface area contributed by atoms with Crippen LogP contribution < -0.4 is 0 Å². The Bertz CT molecular complexity index is 411. The van der Waals surface area contributed by atoms with Gasteiger partial charge in [0.15, 0.2) is 0 Å². The van der Waals surface area contributed by atoms with Gasteiger partial charge in [0, 0.05) is 19.3 Å². The lowest BCUT2D eigenvalue weighted by Crippen LogP contribution is -2.34. The standard InChI is InChI=1S/C14H20N2O3/c1-19-14(18)13-3-2-12(8-15-13)9-16-6-4-11(10-17)5-7-16/h2-3,8,11,17H,4-7,9-10H2,1H3. The molecule has 5 nitrogen and oxygen atoms in total. The maximum atomic E-state index is 11.3. The van der Waals surface area contributed by atoms with E-state index in [1.165, 1.54) is 7.11 Å². The van der Waals surface area contributed by atoms with Crippen LogP contribution in [0.3, 0.4) is 0 Å². The third kappa shape index (κ3) is 3.75. The molecule has 5 heteroatoms. The van der Waals surface area contributed by atoms with Gasteiger partial charge >= 0.3 is 5.97 Å². The molecule has 1 saturated heterocycles. The number of nitrogens with zero attached hydrogens (tertiary/aromatic N) is 2. The van der Waals surface area contributed by atoms with Crippen molar-refractivity contribution in [3.05, 3.63) is 29.6 Å². The predicted octanol–water partition coefficient (Wildman–Crippen LogP) is 1.07. The maximum Gasteiger partial charge on any atom is 0.356 e. The van der Waals surface area contributed by atoms with Gasteiger partial charge in [0.1, 0.15) is 5.69 Å². The lowest BCUT2D eigenvalue weighted by atomic mass is 9.97. The molecule has 0 aromatic carbocycles. The molecule has 2 rings (SSSR count). The minimum Gasteiger partial charge on any atom is -0.464 e. The molecule has 19 heavy (non-hydrogen) atoms. The first-order chi connectivity index (χ1) is 9.22. The summed E-state index contributed by atoms with van der Waals surface area (Å²) in [4.78, 5) is 17.7. The van der Waals surface area contributed by atoms with Crippen LogP contribution in [0.2, 0.25) is 0 Å². The van der Waals surface area contributed by atoms with Gasteiger partial charge in [0.2, 0.25) is 0 Å². The van der Waals surface area contributed by atoms with Gasteiger partial charge in [-0.05, 0) is 43.5 Å². The Balaban J connectivity index is 1.88. The van der Waals surface area contributed by atoms with E-state index in [-0.39, 0.29) is 0 Å². The number of aliphatic hydroxyl groups is 1. The van der Waals surface area contributed by atoms with E-state index < -0.39 is 5.97 Å². The SMILES string of the molecule is COC(=O)c1ccc(CN2CCC(CO)CC2)cn1. The number of methoxy groups -OCH3 is 1. The van der Waals surface area contributed by atoms with E-state index in [1.807, 2.05) is 6.07 Å². The minimum absolute atomic E-state index is 0.295. The Kier molecular flexibility index (Phi) is 4.87. The summed E-state index contributed by atoms with van der Waals surface area (Å²) in [5.41, 5.74) is 1.43. The molecule has 2 heterocycles. The second-order valence-corrected chi connectivity index (χ2v) is 4.95. The van der Waals surface area contributed by atoms with Crippen LogP contribution in [0.4, 0.5) is 0 Å². The highest BCUT2D eigenvalue weighted by Gasteiger charge is 2.18. The number of carbonyl (C=O) groups excluding carboxylic acids is 1. The zero-order valence-corrected chi connectivity index (χ0v) is 11.2. The molecule has 1 aliphatic rings. The van der Waals surface area contributed by atoms with Crippen LogP contribution in [-0.4, -0.2) is 47.8 Å². The highest BCUT2D eigenvalue weighted by atomic mass is 16.5. The number of aliphatic hydroxyl groups excluding tert-OH is 1. The molecule has 0 saturated carbocycles. The van der Waals surface area contributed by atoms with E-state index in [0.717, 1.165) is 38.0 Å². The summed E-state index contributed by atoms with van der Waals surface area (Å²) >= 11 is 0. The van der Waals surface area contributed by atoms with Crippen molar-refractivity contribution < 1.29 is 14.6 Å². The number of pyridine rings is 1. The van der Waals surface area contributed by atoms with Crippen molar-refractivity contribution in [3.63, 3.8) is 0 Å². The van der Waals surface area contributed by atoms with Crippen LogP contribution in [-0.2, 0) is 11.3 Å². The largest absolute Gasteiger partial charge is 0.464 e. The Morgan fingerprint density at radius 2 is 2.21 bits per heavy atom. The Morgan fingerprint density at radius 1 is 1.47 bits per heavy atom. The zero-order valence-electron chi connectivity index (χ0n) is 11.2. The molecule has 1 N–H and O–H groups in total. The molecular formula is C14H20N2O3. The normalized spacial score (nSPS) is 17.4. The van der Waals surface area contributed by atoms with Crippen LogP contribution in [0.5, 0.6) is 0 Å². The number of hydrogen-bond donors (Lipinski definition) is 1. The van der Waals surface area contributed by atoms with Crippen molar-refractivity contribution in [2.24, 2.45) is 5.92 Å². The number of aromatic nitrogens is 1. The number of hydrogen-bond acceptors (Lipinski definition) is 5. The monoisotopic (exact) mass is 264 g/mol. The lowest BCUT2D eigenvalue weighted by molar-refractivity contribution is 0.0594. The van der Waals surface area contributed by atoms with Crippen molar-refractivity contribution in [3.8, 4) is 0 Å². The van der Waals surface area contributed by atoms with Gasteiger partial charge in [-0.2, -0.15) is 0 Å². The summed E-state index contributed by atoms with van der Waals surface area (Å²) in [6, 6.07) is 3.61. The summed E-state index contributed by atoms with van der Waals surface area (Å²) in [6.45, 7) is 3.14. The fourth-order valence-electron chi connectivity index (χ4n) is 2.33. The summed E-state index contributed by atoms with van der Waals surface area (Å²) in [7, 11) is 1.35. The van der Waals surface area contributed by atoms with Crippen molar-refractivity contribution in [1.82, 2.24) is 9.88 Å². The second-order valence-electron chi connectivity index (χ2n) is 4.95. The van der Waals surface area contributed by atoms with Crippen LogP contribution in [0.25, 0.3) is 0 Å². The first kappa shape index (κ1) is 14.0. The van der Waals surface area contributed by atoms with Crippen LogP contribution in [0.1, 0.15) is 28.9 Å². The van der Waals surface area contributed by atoms with Crippen molar-refractivity contribution in [1.29, 1.82) is 0 Å². The van der Waals surface area contributed by atoms with Crippen molar-refractivity contribution >= 4 is 5.97 Å². The second kappa shape index (κ2) is 6.63. The molecule has 0 atom stereocenters. The summed E-state index contributed by atoms with van der Waals surface area (Å²) in [6.07, 6.45) is 3.82. The van der Waals surface area contributed by atoms with Crippen molar-refractivity contribution in [2.75, 3.05) is 26.8 Å². The molecule has 0 amide bonds. The van der Waals surface area contributed by atoms with E-state index in [9.17, 15) is 4.79 Å². The summed E-state index contributed by atoms with van der Waals surface area (Å²) < 4.78 is 4.61.